The predicted molar refractivity (Wildman–Crippen MR) is 156 cm³/mol. The summed E-state index contributed by atoms with van der Waals surface area (Å²) in [7, 11) is 0. The van der Waals surface area contributed by atoms with Gasteiger partial charge < -0.3 is 15.1 Å². The Morgan fingerprint density at radius 1 is 0.975 bits per heavy atom. The van der Waals surface area contributed by atoms with Gasteiger partial charge in [0.15, 0.2) is 5.65 Å². The molecule has 3 heterocycles. The summed E-state index contributed by atoms with van der Waals surface area (Å²) in [6.45, 7) is 2.23. The van der Waals surface area contributed by atoms with E-state index in [-0.39, 0.29) is 28.8 Å². The topological polar surface area (TPSA) is 108 Å². The van der Waals surface area contributed by atoms with Gasteiger partial charge in [0.1, 0.15) is 4.88 Å². The van der Waals surface area contributed by atoms with Crippen LogP contribution in [0, 0.1) is 11.8 Å². The van der Waals surface area contributed by atoms with E-state index >= 15 is 0 Å². The first-order valence-corrected chi connectivity index (χ1v) is 15.0. The summed E-state index contributed by atoms with van der Waals surface area (Å²) in [5, 5.41) is 24.9. The Morgan fingerprint density at radius 3 is 2.35 bits per heavy atom. The summed E-state index contributed by atoms with van der Waals surface area (Å²) in [4.78, 5) is 33.7. The number of carboxylic acid groups (broad SMARTS) is 1. The van der Waals surface area contributed by atoms with Gasteiger partial charge >= 0.3 is 5.97 Å². The number of thiophene rings is 1. The fraction of sp³-hybridized carbons (Fsp3) is 0.419. The van der Waals surface area contributed by atoms with Crippen molar-refractivity contribution in [3.8, 4) is 21.7 Å². The number of hydrogen-bond donors (Lipinski definition) is 2. The number of carbonyl (C=O) groups excluding carboxylic acids is 1. The molecule has 0 saturated heterocycles. The van der Waals surface area contributed by atoms with Gasteiger partial charge in [-0.2, -0.15) is 5.10 Å². The van der Waals surface area contributed by atoms with Crippen LogP contribution in [0.25, 0.3) is 27.3 Å². The van der Waals surface area contributed by atoms with Gasteiger partial charge in [0, 0.05) is 40.9 Å². The number of benzene rings is 1. The number of anilines is 1. The first-order chi connectivity index (χ1) is 19.4. The number of aliphatic hydroxyl groups is 1. The zero-order chi connectivity index (χ0) is 27.8. The third-order valence-electron chi connectivity index (χ3n) is 8.50. The highest BCUT2D eigenvalue weighted by Gasteiger charge is 2.37. The first-order valence-electron chi connectivity index (χ1n) is 14.2. The number of aromatic carboxylic acids is 1. The maximum atomic E-state index is 14.0. The molecule has 0 spiro atoms. The fourth-order valence-electron chi connectivity index (χ4n) is 6.15. The SMILES string of the molecule is C[C@H]1CC[C@H](C(=O)N(c2cc(-c3ccc(-c4cc5ncccn5n4)cc3)sc2C(=O)O)[C@H]2CC[C@H](O)CC2)CC1. The van der Waals surface area contributed by atoms with Gasteiger partial charge in [-0.05, 0) is 75.0 Å². The van der Waals surface area contributed by atoms with Crippen LogP contribution in [0.4, 0.5) is 5.69 Å². The Kier molecular flexibility index (Phi) is 7.42. The van der Waals surface area contributed by atoms with E-state index in [1.807, 2.05) is 48.7 Å². The van der Waals surface area contributed by atoms with Crippen LogP contribution in [0.2, 0.25) is 0 Å². The second-order valence-electron chi connectivity index (χ2n) is 11.3. The van der Waals surface area contributed by atoms with Crippen LogP contribution >= 0.6 is 11.3 Å². The zero-order valence-corrected chi connectivity index (χ0v) is 23.4. The molecule has 1 aromatic carbocycles. The van der Waals surface area contributed by atoms with Gasteiger partial charge in [0.05, 0.1) is 17.5 Å². The molecule has 2 fully saturated rings. The number of nitrogens with zero attached hydrogens (tertiary/aromatic N) is 4. The number of aliphatic hydroxyl groups excluding tert-OH is 1. The van der Waals surface area contributed by atoms with E-state index in [0.29, 0.717) is 37.3 Å². The third kappa shape index (κ3) is 5.28. The molecule has 40 heavy (non-hydrogen) atoms. The van der Waals surface area contributed by atoms with E-state index in [1.54, 1.807) is 15.6 Å². The van der Waals surface area contributed by atoms with Crippen molar-refractivity contribution >= 4 is 34.5 Å². The largest absolute Gasteiger partial charge is 0.477 e. The van der Waals surface area contributed by atoms with Crippen LogP contribution in [0.3, 0.4) is 0 Å². The lowest BCUT2D eigenvalue weighted by Gasteiger charge is -2.38. The molecule has 208 valence electrons. The average Bonchev–Trinajstić information content (AvgIpc) is 3.60. The lowest BCUT2D eigenvalue weighted by Crippen LogP contribution is -2.47. The lowest BCUT2D eigenvalue weighted by atomic mass is 9.81. The number of hydrogen-bond acceptors (Lipinski definition) is 6. The summed E-state index contributed by atoms with van der Waals surface area (Å²) in [5.41, 5.74) is 3.90. The molecule has 2 aliphatic rings. The van der Waals surface area contributed by atoms with Crippen molar-refractivity contribution in [3.05, 3.63) is 59.7 Å². The van der Waals surface area contributed by atoms with Crippen LogP contribution < -0.4 is 4.90 Å². The molecule has 6 rings (SSSR count). The van der Waals surface area contributed by atoms with Gasteiger partial charge in [-0.25, -0.2) is 14.3 Å². The molecular formula is C31H34N4O4S. The molecule has 0 bridgehead atoms. The number of rotatable bonds is 6. The predicted octanol–water partition coefficient (Wildman–Crippen LogP) is 6.29. The van der Waals surface area contributed by atoms with Crippen molar-refractivity contribution in [2.75, 3.05) is 4.90 Å². The van der Waals surface area contributed by atoms with E-state index in [9.17, 15) is 19.8 Å². The third-order valence-corrected chi connectivity index (χ3v) is 9.66. The molecule has 2 aliphatic carbocycles. The Hall–Kier alpha value is -3.56. The van der Waals surface area contributed by atoms with Crippen LogP contribution in [0.15, 0.2) is 54.9 Å². The normalized spacial score (nSPS) is 23.2. The second-order valence-corrected chi connectivity index (χ2v) is 12.3. The van der Waals surface area contributed by atoms with Gasteiger partial charge in [-0.1, -0.05) is 31.2 Å². The lowest BCUT2D eigenvalue weighted by molar-refractivity contribution is -0.124. The van der Waals surface area contributed by atoms with Crippen molar-refractivity contribution in [1.29, 1.82) is 0 Å². The van der Waals surface area contributed by atoms with Crippen molar-refractivity contribution in [2.24, 2.45) is 11.8 Å². The Morgan fingerprint density at radius 2 is 1.68 bits per heavy atom. The number of amides is 1. The quantitative estimate of drug-likeness (QED) is 0.288. The maximum absolute atomic E-state index is 14.0. The smallest absolute Gasteiger partial charge is 0.348 e. The molecular weight excluding hydrogens is 524 g/mol. The molecule has 8 nitrogen and oxygen atoms in total. The van der Waals surface area contributed by atoms with Crippen molar-refractivity contribution < 1.29 is 19.8 Å². The van der Waals surface area contributed by atoms with Gasteiger partial charge in [0.2, 0.25) is 5.91 Å². The standard InChI is InChI=1S/C31H34N4O4S/c1-19-3-5-22(6-4-19)30(37)35(23-11-13-24(36)14-12-23)26-18-27(40-29(26)31(38)39)21-9-7-20(8-10-21)25-17-28-32-15-2-16-34(28)33-25/h2,7-10,15-19,22-24,36H,3-6,11-14H2,1H3,(H,38,39)/t19-,22-,23-,24-. The Labute approximate surface area is 237 Å². The summed E-state index contributed by atoms with van der Waals surface area (Å²) >= 11 is 1.21. The minimum atomic E-state index is -1.02. The molecule has 1 amide bonds. The number of carboxylic acids is 1. The molecule has 0 unspecified atom stereocenters. The minimum Gasteiger partial charge on any atom is -0.477 e. The van der Waals surface area contributed by atoms with Gasteiger partial charge in [0.25, 0.3) is 0 Å². The van der Waals surface area contributed by atoms with E-state index in [4.69, 9.17) is 0 Å². The maximum Gasteiger partial charge on any atom is 0.348 e. The molecule has 2 N–H and O–H groups in total. The van der Waals surface area contributed by atoms with E-state index < -0.39 is 5.97 Å². The van der Waals surface area contributed by atoms with Gasteiger partial charge in [-0.15, -0.1) is 11.3 Å². The number of aromatic nitrogens is 3. The average molecular weight is 559 g/mol. The fourth-order valence-corrected chi connectivity index (χ4v) is 7.14. The van der Waals surface area contributed by atoms with Crippen molar-refractivity contribution in [3.63, 3.8) is 0 Å². The highest BCUT2D eigenvalue weighted by Crippen LogP contribution is 2.42. The summed E-state index contributed by atoms with van der Waals surface area (Å²) in [6.07, 6.45) is 9.52. The summed E-state index contributed by atoms with van der Waals surface area (Å²) < 4.78 is 1.73. The van der Waals surface area contributed by atoms with Crippen LogP contribution in [0.1, 0.15) is 68.0 Å². The molecule has 3 aromatic heterocycles. The second kappa shape index (κ2) is 11.1. The monoisotopic (exact) mass is 558 g/mol. The van der Waals surface area contributed by atoms with Crippen molar-refractivity contribution in [2.45, 2.75) is 70.4 Å². The molecule has 9 heteroatoms. The molecule has 4 aromatic rings. The first kappa shape index (κ1) is 26.7. The van der Waals surface area contributed by atoms with Crippen LogP contribution in [-0.2, 0) is 4.79 Å². The summed E-state index contributed by atoms with van der Waals surface area (Å²) in [6, 6.07) is 13.4. The Balaban J connectivity index is 1.34. The molecule has 0 aliphatic heterocycles. The van der Waals surface area contributed by atoms with E-state index in [0.717, 1.165) is 53.0 Å². The summed E-state index contributed by atoms with van der Waals surface area (Å²) in [5.74, 6) is -0.460. The van der Waals surface area contributed by atoms with Crippen molar-refractivity contribution in [1.82, 2.24) is 14.6 Å². The number of fused-ring (bicyclic) bond motifs is 1. The van der Waals surface area contributed by atoms with Gasteiger partial charge in [-0.3, -0.25) is 4.79 Å². The van der Waals surface area contributed by atoms with Crippen LogP contribution in [-0.4, -0.2) is 48.8 Å². The van der Waals surface area contributed by atoms with Crippen LogP contribution in [0.5, 0.6) is 0 Å². The number of carbonyl (C=O) groups is 2. The zero-order valence-electron chi connectivity index (χ0n) is 22.6. The highest BCUT2D eigenvalue weighted by molar-refractivity contribution is 7.18. The van der Waals surface area contributed by atoms with E-state index in [1.165, 1.54) is 11.3 Å². The van der Waals surface area contributed by atoms with E-state index in [2.05, 4.69) is 17.0 Å². The molecule has 0 atom stereocenters. The molecule has 2 saturated carbocycles. The Bertz CT molecular complexity index is 1480. The minimum absolute atomic E-state index is 0.0379. The molecule has 0 radical (unpaired) electrons. The highest BCUT2D eigenvalue weighted by atomic mass is 32.1.